The number of hydrogen-bond acceptors (Lipinski definition) is 4. The Morgan fingerprint density at radius 1 is 1.14 bits per heavy atom. The Balaban J connectivity index is 2.09. The van der Waals surface area contributed by atoms with Crippen LogP contribution in [0.4, 0.5) is 0 Å². The molecule has 3 rings (SSSR count). The fraction of sp³-hybridized carbons (Fsp3) is 0.188. The van der Waals surface area contributed by atoms with Crippen molar-refractivity contribution in [2.24, 2.45) is 0 Å². The average Bonchev–Trinajstić information content (AvgIpc) is 2.52. The van der Waals surface area contributed by atoms with E-state index in [2.05, 4.69) is 15.0 Å². The molecule has 0 radical (unpaired) electrons. The summed E-state index contributed by atoms with van der Waals surface area (Å²) in [5.74, 6) is 1.80. The molecule has 0 saturated carbocycles. The van der Waals surface area contributed by atoms with Gasteiger partial charge in [-0.3, -0.25) is 4.98 Å². The van der Waals surface area contributed by atoms with E-state index in [0.717, 1.165) is 16.5 Å². The van der Waals surface area contributed by atoms with Gasteiger partial charge in [-0.1, -0.05) is 36.7 Å². The maximum atomic E-state index is 6.14. The second kappa shape index (κ2) is 5.66. The molecule has 2 aromatic heterocycles. The van der Waals surface area contributed by atoms with E-state index < -0.39 is 0 Å². The van der Waals surface area contributed by atoms with E-state index in [0.29, 0.717) is 29.0 Å². The van der Waals surface area contributed by atoms with E-state index in [1.54, 1.807) is 6.20 Å². The number of benzene rings is 1. The second-order valence-corrected chi connectivity index (χ2v) is 5.01. The molecule has 106 valence electrons. The molecule has 21 heavy (non-hydrogen) atoms. The van der Waals surface area contributed by atoms with Crippen LogP contribution in [0.3, 0.4) is 0 Å². The van der Waals surface area contributed by atoms with Gasteiger partial charge in [0.1, 0.15) is 16.5 Å². The normalized spacial score (nSPS) is 10.8. The van der Waals surface area contributed by atoms with Crippen molar-refractivity contribution in [2.45, 2.75) is 20.3 Å². The SMILES string of the molecule is CCc1nc(Cl)c(C)c(Oc2cccc3cccnc23)n1. The number of halogens is 1. The fourth-order valence-electron chi connectivity index (χ4n) is 2.03. The van der Waals surface area contributed by atoms with Gasteiger partial charge in [0, 0.05) is 23.6 Å². The summed E-state index contributed by atoms with van der Waals surface area (Å²) in [6.07, 6.45) is 2.44. The van der Waals surface area contributed by atoms with Gasteiger partial charge in [0.25, 0.3) is 0 Å². The van der Waals surface area contributed by atoms with Gasteiger partial charge in [0.2, 0.25) is 5.88 Å². The van der Waals surface area contributed by atoms with Crippen molar-refractivity contribution in [1.82, 2.24) is 15.0 Å². The molecular weight excluding hydrogens is 286 g/mol. The number of para-hydroxylation sites is 1. The third kappa shape index (κ3) is 2.67. The molecule has 1 aromatic carbocycles. The highest BCUT2D eigenvalue weighted by Gasteiger charge is 2.12. The van der Waals surface area contributed by atoms with Gasteiger partial charge in [-0.05, 0) is 19.1 Å². The minimum Gasteiger partial charge on any atom is -0.436 e. The number of aryl methyl sites for hydroxylation is 1. The van der Waals surface area contributed by atoms with Gasteiger partial charge in [-0.15, -0.1) is 0 Å². The number of pyridine rings is 1. The third-order valence-electron chi connectivity index (χ3n) is 3.21. The van der Waals surface area contributed by atoms with Gasteiger partial charge >= 0.3 is 0 Å². The second-order valence-electron chi connectivity index (χ2n) is 4.65. The molecule has 3 aromatic rings. The molecule has 0 fully saturated rings. The maximum Gasteiger partial charge on any atom is 0.227 e. The highest BCUT2D eigenvalue weighted by Crippen LogP contribution is 2.31. The van der Waals surface area contributed by atoms with Crippen LogP contribution in [0.25, 0.3) is 10.9 Å². The van der Waals surface area contributed by atoms with Crippen LogP contribution in [0.15, 0.2) is 36.5 Å². The van der Waals surface area contributed by atoms with Crippen LogP contribution < -0.4 is 4.74 Å². The summed E-state index contributed by atoms with van der Waals surface area (Å²) in [5.41, 5.74) is 1.52. The molecule has 0 N–H and O–H groups in total. The summed E-state index contributed by atoms with van der Waals surface area (Å²) in [7, 11) is 0. The lowest BCUT2D eigenvalue weighted by molar-refractivity contribution is 0.458. The van der Waals surface area contributed by atoms with Crippen molar-refractivity contribution in [1.29, 1.82) is 0 Å². The number of nitrogens with zero attached hydrogens (tertiary/aromatic N) is 3. The lowest BCUT2D eigenvalue weighted by Crippen LogP contribution is -2.00. The Morgan fingerprint density at radius 2 is 1.95 bits per heavy atom. The van der Waals surface area contributed by atoms with Gasteiger partial charge < -0.3 is 4.74 Å². The Kier molecular flexibility index (Phi) is 3.71. The summed E-state index contributed by atoms with van der Waals surface area (Å²) in [6, 6.07) is 9.68. The third-order valence-corrected chi connectivity index (χ3v) is 3.57. The maximum absolute atomic E-state index is 6.14. The molecule has 0 aliphatic carbocycles. The zero-order valence-corrected chi connectivity index (χ0v) is 12.6. The number of hydrogen-bond donors (Lipinski definition) is 0. The zero-order chi connectivity index (χ0) is 14.8. The Bertz CT molecular complexity index is 799. The average molecular weight is 300 g/mol. The Labute approximate surface area is 127 Å². The van der Waals surface area contributed by atoms with Crippen molar-refractivity contribution in [2.75, 3.05) is 0 Å². The predicted octanol–water partition coefficient (Wildman–Crippen LogP) is 4.34. The van der Waals surface area contributed by atoms with Crippen molar-refractivity contribution in [3.05, 3.63) is 53.1 Å². The molecule has 0 saturated heterocycles. The van der Waals surface area contributed by atoms with Crippen LogP contribution in [0.1, 0.15) is 18.3 Å². The number of rotatable bonds is 3. The molecule has 0 spiro atoms. The van der Waals surface area contributed by atoms with Gasteiger partial charge in [0.15, 0.2) is 5.75 Å². The molecule has 0 amide bonds. The quantitative estimate of drug-likeness (QED) is 0.675. The first-order valence-electron chi connectivity index (χ1n) is 6.73. The lowest BCUT2D eigenvalue weighted by Gasteiger charge is -2.11. The number of fused-ring (bicyclic) bond motifs is 1. The molecule has 0 atom stereocenters. The summed E-state index contributed by atoms with van der Waals surface area (Å²) in [5, 5.41) is 1.44. The standard InChI is InChI=1S/C16H14ClN3O/c1-3-13-19-15(17)10(2)16(20-13)21-12-8-4-6-11-7-5-9-18-14(11)12/h4-9H,3H2,1-2H3. The summed E-state index contributed by atoms with van der Waals surface area (Å²) in [4.78, 5) is 13.0. The monoisotopic (exact) mass is 299 g/mol. The van der Waals surface area contributed by atoms with Crippen LogP contribution in [0, 0.1) is 6.92 Å². The first-order chi connectivity index (χ1) is 10.2. The molecule has 0 aliphatic heterocycles. The Morgan fingerprint density at radius 3 is 2.76 bits per heavy atom. The molecule has 0 bridgehead atoms. The van der Waals surface area contributed by atoms with E-state index >= 15 is 0 Å². The number of ether oxygens (including phenoxy) is 1. The van der Waals surface area contributed by atoms with Crippen molar-refractivity contribution < 1.29 is 4.74 Å². The lowest BCUT2D eigenvalue weighted by atomic mass is 10.2. The highest BCUT2D eigenvalue weighted by molar-refractivity contribution is 6.30. The first kappa shape index (κ1) is 13.8. The zero-order valence-electron chi connectivity index (χ0n) is 11.8. The van der Waals surface area contributed by atoms with Crippen molar-refractivity contribution >= 4 is 22.5 Å². The van der Waals surface area contributed by atoms with Crippen LogP contribution in [-0.4, -0.2) is 15.0 Å². The minimum absolute atomic E-state index is 0.421. The number of aromatic nitrogens is 3. The van der Waals surface area contributed by atoms with Crippen LogP contribution >= 0.6 is 11.6 Å². The van der Waals surface area contributed by atoms with E-state index in [-0.39, 0.29) is 0 Å². The van der Waals surface area contributed by atoms with Crippen molar-refractivity contribution in [3.63, 3.8) is 0 Å². The summed E-state index contributed by atoms with van der Waals surface area (Å²) < 4.78 is 5.95. The first-order valence-corrected chi connectivity index (χ1v) is 7.11. The van der Waals surface area contributed by atoms with E-state index in [1.165, 1.54) is 0 Å². The van der Waals surface area contributed by atoms with Gasteiger partial charge in [-0.25, -0.2) is 4.98 Å². The van der Waals surface area contributed by atoms with Gasteiger partial charge in [-0.2, -0.15) is 4.98 Å². The topological polar surface area (TPSA) is 47.9 Å². The smallest absolute Gasteiger partial charge is 0.227 e. The summed E-state index contributed by atoms with van der Waals surface area (Å²) in [6.45, 7) is 3.82. The molecule has 5 heteroatoms. The molecule has 2 heterocycles. The van der Waals surface area contributed by atoms with Crippen LogP contribution in [0.5, 0.6) is 11.6 Å². The van der Waals surface area contributed by atoms with E-state index in [9.17, 15) is 0 Å². The van der Waals surface area contributed by atoms with Crippen LogP contribution in [-0.2, 0) is 6.42 Å². The fourth-order valence-corrected chi connectivity index (χ4v) is 2.21. The van der Waals surface area contributed by atoms with E-state index in [4.69, 9.17) is 16.3 Å². The molecule has 4 nitrogen and oxygen atoms in total. The largest absolute Gasteiger partial charge is 0.436 e. The summed E-state index contributed by atoms with van der Waals surface area (Å²) >= 11 is 6.14. The van der Waals surface area contributed by atoms with Crippen LogP contribution in [0.2, 0.25) is 5.15 Å². The predicted molar refractivity (Wildman–Crippen MR) is 83.0 cm³/mol. The molecule has 0 unspecified atom stereocenters. The minimum atomic E-state index is 0.421. The molecular formula is C16H14ClN3O. The molecule has 0 aliphatic rings. The van der Waals surface area contributed by atoms with E-state index in [1.807, 2.05) is 44.2 Å². The van der Waals surface area contributed by atoms with Crippen molar-refractivity contribution in [3.8, 4) is 11.6 Å². The Hall–Kier alpha value is -2.20. The highest BCUT2D eigenvalue weighted by atomic mass is 35.5. The van der Waals surface area contributed by atoms with Gasteiger partial charge in [0.05, 0.1) is 0 Å².